The number of carbonyl (C=O) groups excluding carboxylic acids is 4. The predicted octanol–water partition coefficient (Wildman–Crippen LogP) is 28.4. The summed E-state index contributed by atoms with van der Waals surface area (Å²) in [7, 11) is -9.94. The molecule has 0 aliphatic heterocycles. The summed E-state index contributed by atoms with van der Waals surface area (Å²) in [6.07, 6.45) is 75.1. The summed E-state index contributed by atoms with van der Waals surface area (Å²) in [6, 6.07) is 0. The minimum absolute atomic E-state index is 0.107. The van der Waals surface area contributed by atoms with Gasteiger partial charge in [0.05, 0.1) is 26.4 Å². The maximum Gasteiger partial charge on any atom is 0.472 e. The van der Waals surface area contributed by atoms with Crippen molar-refractivity contribution in [2.75, 3.05) is 39.6 Å². The van der Waals surface area contributed by atoms with Crippen LogP contribution in [0.4, 0.5) is 0 Å². The summed E-state index contributed by atoms with van der Waals surface area (Å²) in [5, 5.41) is 10.7. The zero-order chi connectivity index (χ0) is 81.5. The number of ether oxygens (including phenoxy) is 4. The lowest BCUT2D eigenvalue weighted by Crippen LogP contribution is -2.30. The molecule has 0 saturated carbocycles. The predicted molar refractivity (Wildman–Crippen MR) is 460 cm³/mol. The van der Waals surface area contributed by atoms with Crippen molar-refractivity contribution in [2.45, 2.75) is 510 Å². The molecule has 5 unspecified atom stereocenters. The van der Waals surface area contributed by atoms with E-state index in [1.165, 1.54) is 295 Å². The van der Waals surface area contributed by atoms with Crippen LogP contribution in [-0.2, 0) is 65.4 Å². The molecule has 0 rings (SSSR count). The van der Waals surface area contributed by atoms with E-state index in [1.807, 2.05) is 0 Å². The number of carbonyl (C=O) groups is 4. The third-order valence-electron chi connectivity index (χ3n) is 22.7. The Balaban J connectivity index is 5.22. The van der Waals surface area contributed by atoms with Gasteiger partial charge in [0, 0.05) is 25.7 Å². The number of rotatable bonds is 90. The largest absolute Gasteiger partial charge is 0.472 e. The molecule has 0 radical (unpaired) electrons. The molecule has 660 valence electrons. The van der Waals surface area contributed by atoms with E-state index in [4.69, 9.17) is 37.0 Å². The molecule has 0 fully saturated rings. The molecule has 8 atom stereocenters. The fourth-order valence-corrected chi connectivity index (χ4v) is 15.9. The number of unbranched alkanes of at least 4 members (excludes halogenated alkanes) is 55. The molecule has 0 aromatic carbocycles. The van der Waals surface area contributed by atoms with Crippen LogP contribution in [0, 0.1) is 17.8 Å². The quantitative estimate of drug-likeness (QED) is 0.0222. The van der Waals surface area contributed by atoms with Gasteiger partial charge in [0.1, 0.15) is 19.3 Å². The van der Waals surface area contributed by atoms with Gasteiger partial charge in [-0.05, 0) is 43.4 Å². The highest BCUT2D eigenvalue weighted by atomic mass is 31.2. The summed E-state index contributed by atoms with van der Waals surface area (Å²) in [5.74, 6) is 0.348. The Labute approximate surface area is 683 Å². The second-order valence-electron chi connectivity index (χ2n) is 33.8. The maximum atomic E-state index is 13.2. The van der Waals surface area contributed by atoms with Gasteiger partial charge in [-0.15, -0.1) is 0 Å². The molecule has 0 amide bonds. The van der Waals surface area contributed by atoms with Gasteiger partial charge in [0.25, 0.3) is 0 Å². The van der Waals surface area contributed by atoms with E-state index in [9.17, 15) is 43.2 Å². The van der Waals surface area contributed by atoms with E-state index < -0.39 is 97.5 Å². The first kappa shape index (κ1) is 109. The molecule has 0 saturated heterocycles. The summed E-state index contributed by atoms with van der Waals surface area (Å²) < 4.78 is 69.1. The molecule has 0 spiro atoms. The highest BCUT2D eigenvalue weighted by Crippen LogP contribution is 2.45. The van der Waals surface area contributed by atoms with E-state index >= 15 is 0 Å². The third-order valence-corrected chi connectivity index (χ3v) is 24.6. The standard InChI is InChI=1S/C92H180O17P2/c1-8-12-13-14-15-16-17-18-19-20-21-22-23-27-30-36-41-46-51-59-66-73-89(94)102-79-87(108-91(96)75-68-61-52-47-42-37-31-28-25-24-26-29-34-39-44-49-56-63-70-83(5)9-2)81-106-110(98,99)104-77-86(93)78-105-111(100,101)107-82-88(80-103-90(95)74-67-60-55-54-58-65-72-85(7)11-4)109-92(97)76-69-62-53-48-43-38-33-32-35-40-45-50-57-64-71-84(6)10-3/h83-88,93H,8-82H2,1-7H3,(H,98,99)(H,100,101)/t83?,84?,85?,86-,87-,88-/m1/s1. The SMILES string of the molecule is CCCCCCCCCCCCCCCCCCCCCCCC(=O)OC[C@H](COP(=O)(O)OC[C@@H](O)COP(=O)(O)OC[C@@H](COC(=O)CCCCCCCCC(C)CC)OC(=O)CCCCCCCCCCCCCCCCC(C)CC)OC(=O)CCCCCCCCCCCCCCCCCCCCC(C)CC. The first-order chi connectivity index (χ1) is 53.8. The van der Waals surface area contributed by atoms with Crippen LogP contribution in [0.5, 0.6) is 0 Å². The molecule has 3 N–H and O–H groups in total. The van der Waals surface area contributed by atoms with Crippen LogP contribution in [0.25, 0.3) is 0 Å². The number of phosphoric acid groups is 2. The number of esters is 4. The zero-order valence-corrected chi connectivity index (χ0v) is 75.2. The van der Waals surface area contributed by atoms with Crippen molar-refractivity contribution in [3.8, 4) is 0 Å². The fraction of sp³-hybridized carbons (Fsp3) is 0.957. The lowest BCUT2D eigenvalue weighted by molar-refractivity contribution is -0.161. The van der Waals surface area contributed by atoms with E-state index in [1.54, 1.807) is 0 Å². The molecule has 0 aromatic heterocycles. The van der Waals surface area contributed by atoms with Crippen LogP contribution in [0.1, 0.15) is 492 Å². The molecule has 0 aromatic rings. The van der Waals surface area contributed by atoms with Gasteiger partial charge in [0.2, 0.25) is 0 Å². The molecule has 0 aliphatic carbocycles. The lowest BCUT2D eigenvalue weighted by atomic mass is 9.99. The smallest absolute Gasteiger partial charge is 0.462 e. The highest BCUT2D eigenvalue weighted by molar-refractivity contribution is 7.47. The number of aliphatic hydroxyl groups is 1. The van der Waals surface area contributed by atoms with Gasteiger partial charge in [-0.2, -0.15) is 0 Å². The summed E-state index contributed by atoms with van der Waals surface area (Å²) in [5.41, 5.74) is 0. The van der Waals surface area contributed by atoms with E-state index in [2.05, 4.69) is 48.5 Å². The molecule has 17 nitrogen and oxygen atoms in total. The van der Waals surface area contributed by atoms with Crippen molar-refractivity contribution in [3.05, 3.63) is 0 Å². The average Bonchev–Trinajstić information content (AvgIpc) is 0.899. The van der Waals surface area contributed by atoms with Crippen molar-refractivity contribution in [3.63, 3.8) is 0 Å². The molecule has 0 aliphatic rings. The molecule has 111 heavy (non-hydrogen) atoms. The molecular weight excluding hydrogens is 1440 g/mol. The first-order valence-electron chi connectivity index (χ1n) is 47.5. The molecular formula is C92H180O17P2. The van der Waals surface area contributed by atoms with Crippen LogP contribution >= 0.6 is 15.6 Å². The van der Waals surface area contributed by atoms with Crippen LogP contribution in [0.15, 0.2) is 0 Å². The molecule has 0 bridgehead atoms. The highest BCUT2D eigenvalue weighted by Gasteiger charge is 2.31. The van der Waals surface area contributed by atoms with Crippen molar-refractivity contribution in [1.29, 1.82) is 0 Å². The molecule has 0 heterocycles. The van der Waals surface area contributed by atoms with Gasteiger partial charge < -0.3 is 33.8 Å². The normalized spacial score (nSPS) is 14.5. The minimum Gasteiger partial charge on any atom is -0.462 e. The topological polar surface area (TPSA) is 237 Å². The van der Waals surface area contributed by atoms with Crippen LogP contribution in [-0.4, -0.2) is 96.7 Å². The zero-order valence-electron chi connectivity index (χ0n) is 73.4. The van der Waals surface area contributed by atoms with Crippen molar-refractivity contribution in [2.24, 2.45) is 17.8 Å². The number of hydrogen-bond donors (Lipinski definition) is 3. The number of aliphatic hydroxyl groups excluding tert-OH is 1. The van der Waals surface area contributed by atoms with E-state index in [0.29, 0.717) is 25.7 Å². The average molecular weight is 1620 g/mol. The Morgan fingerprint density at radius 1 is 0.252 bits per heavy atom. The minimum atomic E-state index is -4.97. The number of hydrogen-bond acceptors (Lipinski definition) is 15. The second kappa shape index (κ2) is 81.8. The monoisotopic (exact) mass is 1620 g/mol. The van der Waals surface area contributed by atoms with Crippen LogP contribution < -0.4 is 0 Å². The fourth-order valence-electron chi connectivity index (χ4n) is 14.3. The Hall–Kier alpha value is -1.94. The molecule has 19 heteroatoms. The lowest BCUT2D eigenvalue weighted by Gasteiger charge is -2.21. The Morgan fingerprint density at radius 2 is 0.432 bits per heavy atom. The Morgan fingerprint density at radius 3 is 0.640 bits per heavy atom. The van der Waals surface area contributed by atoms with Gasteiger partial charge in [-0.1, -0.05) is 440 Å². The van der Waals surface area contributed by atoms with Crippen molar-refractivity contribution >= 4 is 39.5 Å². The van der Waals surface area contributed by atoms with Gasteiger partial charge in [-0.3, -0.25) is 37.3 Å². The van der Waals surface area contributed by atoms with Crippen LogP contribution in [0.3, 0.4) is 0 Å². The summed E-state index contributed by atoms with van der Waals surface area (Å²) in [4.78, 5) is 73.4. The van der Waals surface area contributed by atoms with Crippen molar-refractivity contribution < 1.29 is 80.2 Å². The van der Waals surface area contributed by atoms with Gasteiger partial charge in [-0.25, -0.2) is 9.13 Å². The maximum absolute atomic E-state index is 13.2. The third kappa shape index (κ3) is 81.6. The van der Waals surface area contributed by atoms with Gasteiger partial charge >= 0.3 is 39.5 Å². The number of phosphoric ester groups is 2. The second-order valence-corrected chi connectivity index (χ2v) is 36.7. The Bertz CT molecular complexity index is 2140. The summed E-state index contributed by atoms with van der Waals surface area (Å²) >= 11 is 0. The Kier molecular flexibility index (Phi) is 80.4. The van der Waals surface area contributed by atoms with E-state index in [0.717, 1.165) is 114 Å². The van der Waals surface area contributed by atoms with Crippen molar-refractivity contribution in [1.82, 2.24) is 0 Å². The summed E-state index contributed by atoms with van der Waals surface area (Å²) in [6.45, 7) is 12.1. The van der Waals surface area contributed by atoms with E-state index in [-0.39, 0.29) is 25.7 Å². The van der Waals surface area contributed by atoms with Crippen LogP contribution in [0.2, 0.25) is 0 Å². The van der Waals surface area contributed by atoms with Gasteiger partial charge in [0.15, 0.2) is 12.2 Å². The first-order valence-corrected chi connectivity index (χ1v) is 50.5.